The zero-order chi connectivity index (χ0) is 28.4. The van der Waals surface area contributed by atoms with Crippen LogP contribution in [0.2, 0.25) is 0 Å². The summed E-state index contributed by atoms with van der Waals surface area (Å²) in [5, 5.41) is 44.0. The predicted octanol–water partition coefficient (Wildman–Crippen LogP) is 3.98. The Balaban J connectivity index is 1.68. The fraction of sp³-hybridized carbons (Fsp3) is 0.393. The van der Waals surface area contributed by atoms with Crippen molar-refractivity contribution in [3.63, 3.8) is 0 Å². The molecule has 4 N–H and O–H groups in total. The van der Waals surface area contributed by atoms with Gasteiger partial charge in [-0.15, -0.1) is 0 Å². The molecule has 0 amide bonds. The molecule has 1 heterocycles. The van der Waals surface area contributed by atoms with Gasteiger partial charge < -0.3 is 20.4 Å². The van der Waals surface area contributed by atoms with E-state index in [4.69, 9.17) is 0 Å². The number of ketones is 3. The lowest BCUT2D eigenvalue weighted by atomic mass is 9.60. The van der Waals surface area contributed by atoms with E-state index in [2.05, 4.69) is 0 Å². The molecule has 0 spiro atoms. The summed E-state index contributed by atoms with van der Waals surface area (Å²) in [6.45, 7) is 2.10. The molecule has 0 saturated heterocycles. The quantitative estimate of drug-likeness (QED) is 0.330. The molecule has 39 heavy (non-hydrogen) atoms. The monoisotopic (exact) mass is 545 g/mol. The van der Waals surface area contributed by atoms with Crippen LogP contribution in [0.4, 0.5) is 13.2 Å². The molecule has 0 fully saturated rings. The molecule has 0 radical (unpaired) electrons. The highest BCUT2D eigenvalue weighted by atomic mass is 19.3. The Labute approximate surface area is 221 Å². The number of Topliss-reactive ketones (excluding diaryl/α,β-unsaturated/α-hetero) is 3. The van der Waals surface area contributed by atoms with Crippen LogP contribution in [0.5, 0.6) is 5.75 Å². The number of hydrogen-bond donors (Lipinski definition) is 4. The van der Waals surface area contributed by atoms with Crippen molar-refractivity contribution in [3.8, 4) is 5.75 Å². The normalized spacial score (nSPS) is 26.8. The van der Waals surface area contributed by atoms with Crippen LogP contribution in [-0.2, 0) is 22.6 Å². The van der Waals surface area contributed by atoms with E-state index in [1.165, 1.54) is 0 Å². The van der Waals surface area contributed by atoms with Gasteiger partial charge in [-0.1, -0.05) is 12.2 Å². The first-order valence-corrected chi connectivity index (χ1v) is 12.5. The Hall–Kier alpha value is -3.70. The Morgan fingerprint density at radius 1 is 1.13 bits per heavy atom. The smallest absolute Gasteiger partial charge is 0.306 e. The molecule has 11 heteroatoms. The van der Waals surface area contributed by atoms with Crippen molar-refractivity contribution >= 4 is 23.2 Å². The fourth-order valence-corrected chi connectivity index (χ4v) is 6.34. The molecule has 3 aliphatic carbocycles. The summed E-state index contributed by atoms with van der Waals surface area (Å²) in [4.78, 5) is 40.8. The number of aliphatic hydroxyl groups excluding tert-OH is 2. The summed E-state index contributed by atoms with van der Waals surface area (Å²) in [5.41, 5.74) is -4.98. The molecular formula is C28H26F3NO7. The number of allylic oxidation sites excluding steroid dienone is 2. The van der Waals surface area contributed by atoms with Crippen LogP contribution in [0.15, 0.2) is 47.0 Å². The number of carbonyl (C=O) groups excluding carboxylic acids is 3. The van der Waals surface area contributed by atoms with Crippen LogP contribution in [0, 0.1) is 11.8 Å². The standard InChI is InChI=1S/C28H26F3NO7/c1-12(33)19-18(34)10-15-7-13-8-16-17(22(29)27(30)31)9-14(11-32-5-3-2-4-6-32)23(35)21(16)24(36)20(13)26(38)28(15,39)25(19)37/h2-3,9,13,15,34-35,38-39H,4-8,10-11H2,1H3/t13-,15+,28-/m1/s1. The summed E-state index contributed by atoms with van der Waals surface area (Å²) >= 11 is 0. The maximum atomic E-state index is 14.8. The van der Waals surface area contributed by atoms with Gasteiger partial charge in [0.1, 0.15) is 22.8 Å². The van der Waals surface area contributed by atoms with Gasteiger partial charge in [0.25, 0.3) is 0 Å². The van der Waals surface area contributed by atoms with Crippen molar-refractivity contribution in [2.24, 2.45) is 11.8 Å². The van der Waals surface area contributed by atoms with E-state index >= 15 is 0 Å². The lowest BCUT2D eigenvalue weighted by Crippen LogP contribution is -2.56. The summed E-state index contributed by atoms with van der Waals surface area (Å²) < 4.78 is 41.8. The molecule has 1 aromatic carbocycles. The first-order valence-electron chi connectivity index (χ1n) is 12.5. The molecular weight excluding hydrogens is 519 g/mol. The number of halogens is 3. The van der Waals surface area contributed by atoms with Gasteiger partial charge in [0.05, 0.1) is 5.56 Å². The van der Waals surface area contributed by atoms with Gasteiger partial charge in [0.2, 0.25) is 5.78 Å². The second-order valence-electron chi connectivity index (χ2n) is 10.5. The van der Waals surface area contributed by atoms with Crippen LogP contribution in [0.25, 0.3) is 5.83 Å². The van der Waals surface area contributed by atoms with E-state index in [0.29, 0.717) is 19.5 Å². The lowest BCUT2D eigenvalue weighted by Gasteiger charge is -2.45. The topological polar surface area (TPSA) is 135 Å². The fourth-order valence-electron chi connectivity index (χ4n) is 6.34. The Kier molecular flexibility index (Phi) is 6.54. The minimum Gasteiger partial charge on any atom is -0.511 e. The van der Waals surface area contributed by atoms with Gasteiger partial charge in [-0.2, -0.15) is 8.78 Å². The highest BCUT2D eigenvalue weighted by molar-refractivity contribution is 6.25. The minimum atomic E-state index is -2.68. The zero-order valence-corrected chi connectivity index (χ0v) is 20.9. The highest BCUT2D eigenvalue weighted by Crippen LogP contribution is 2.52. The van der Waals surface area contributed by atoms with Crippen LogP contribution in [0.1, 0.15) is 53.2 Å². The number of rotatable bonds is 4. The third-order valence-electron chi connectivity index (χ3n) is 8.19. The first-order chi connectivity index (χ1) is 18.4. The van der Waals surface area contributed by atoms with Crippen molar-refractivity contribution in [1.29, 1.82) is 0 Å². The summed E-state index contributed by atoms with van der Waals surface area (Å²) in [6, 6.07) is 1.10. The average molecular weight is 546 g/mol. The third kappa shape index (κ3) is 4.02. The number of carbonyl (C=O) groups is 3. The predicted molar refractivity (Wildman–Crippen MR) is 132 cm³/mol. The van der Waals surface area contributed by atoms with E-state index < -0.39 is 86.2 Å². The average Bonchev–Trinajstić information content (AvgIpc) is 2.87. The largest absolute Gasteiger partial charge is 0.511 e. The van der Waals surface area contributed by atoms with Crippen molar-refractivity contribution in [2.45, 2.75) is 44.8 Å². The second-order valence-corrected chi connectivity index (χ2v) is 10.5. The van der Waals surface area contributed by atoms with Gasteiger partial charge >= 0.3 is 6.08 Å². The van der Waals surface area contributed by atoms with Crippen molar-refractivity contribution in [1.82, 2.24) is 4.90 Å². The highest BCUT2D eigenvalue weighted by Gasteiger charge is 2.59. The first kappa shape index (κ1) is 26.9. The van der Waals surface area contributed by atoms with Crippen LogP contribution in [-0.4, -0.2) is 61.4 Å². The molecule has 3 atom stereocenters. The van der Waals surface area contributed by atoms with E-state index in [1.54, 1.807) is 0 Å². The van der Waals surface area contributed by atoms with Gasteiger partial charge in [0, 0.05) is 48.7 Å². The molecule has 4 aliphatic rings. The summed E-state index contributed by atoms with van der Waals surface area (Å²) in [6.07, 6.45) is 1.15. The Morgan fingerprint density at radius 3 is 2.46 bits per heavy atom. The van der Waals surface area contributed by atoms with Gasteiger partial charge in [-0.25, -0.2) is 4.39 Å². The Bertz CT molecular complexity index is 1450. The molecule has 1 aliphatic heterocycles. The third-order valence-corrected chi connectivity index (χ3v) is 8.19. The molecule has 0 bridgehead atoms. The number of phenolic OH excluding ortho intramolecular Hbond substituents is 1. The molecule has 0 saturated carbocycles. The number of aliphatic hydroxyl groups is 3. The van der Waals surface area contributed by atoms with E-state index in [9.17, 15) is 48.0 Å². The second kappa shape index (κ2) is 9.49. The van der Waals surface area contributed by atoms with Crippen molar-refractivity contribution in [3.05, 3.63) is 69.2 Å². The number of aromatic hydroxyl groups is 1. The number of nitrogens with zero attached hydrogens (tertiary/aromatic N) is 1. The van der Waals surface area contributed by atoms with E-state index in [-0.39, 0.29) is 36.9 Å². The molecule has 5 rings (SSSR count). The summed E-state index contributed by atoms with van der Waals surface area (Å²) in [5.74, 6) is -9.20. The SMILES string of the molecule is CC(=O)C1=C(O)C[C@@H]2C[C@@H]3Cc4c(C(F)=C(F)F)cc(CN5CC=CCC5)c(O)c4C(=O)C3=C(O)[C@]2(O)C1=O. The molecule has 1 aromatic rings. The van der Waals surface area contributed by atoms with Crippen LogP contribution in [0.3, 0.4) is 0 Å². The molecule has 0 aromatic heterocycles. The maximum Gasteiger partial charge on any atom is 0.306 e. The van der Waals surface area contributed by atoms with Crippen LogP contribution < -0.4 is 0 Å². The van der Waals surface area contributed by atoms with Crippen LogP contribution >= 0.6 is 0 Å². The zero-order valence-electron chi connectivity index (χ0n) is 20.9. The maximum absolute atomic E-state index is 14.8. The van der Waals surface area contributed by atoms with Crippen molar-refractivity contribution < 1.29 is 48.0 Å². The Morgan fingerprint density at radius 2 is 1.85 bits per heavy atom. The summed E-state index contributed by atoms with van der Waals surface area (Å²) in [7, 11) is 0. The van der Waals surface area contributed by atoms with Gasteiger partial charge in [-0.05, 0) is 43.7 Å². The molecule has 206 valence electrons. The molecule has 0 unspecified atom stereocenters. The van der Waals surface area contributed by atoms with Gasteiger partial charge in [-0.3, -0.25) is 19.3 Å². The lowest BCUT2D eigenvalue weighted by molar-refractivity contribution is -0.144. The van der Waals surface area contributed by atoms with E-state index in [0.717, 1.165) is 13.0 Å². The molecule has 8 nitrogen and oxygen atoms in total. The van der Waals surface area contributed by atoms with E-state index in [1.807, 2.05) is 17.1 Å². The number of hydrogen-bond acceptors (Lipinski definition) is 8. The number of fused-ring (bicyclic) bond motifs is 3. The number of benzene rings is 1. The number of phenols is 1. The van der Waals surface area contributed by atoms with Crippen molar-refractivity contribution in [2.75, 3.05) is 13.1 Å². The van der Waals surface area contributed by atoms with Gasteiger partial charge in [0.15, 0.2) is 23.0 Å². The minimum absolute atomic E-state index is 0.0233.